The smallest absolute Gasteiger partial charge is 0.270 e. The summed E-state index contributed by atoms with van der Waals surface area (Å²) in [6.07, 6.45) is 0. The SMILES string of the molecule is COc1ccccc1OCCNC(=O)C1=C(c2ccccc2)c2cc(Cl)ccc2N(C)S1(=O)=O. The molecule has 3 aromatic carbocycles. The van der Waals surface area contributed by atoms with E-state index in [0.717, 1.165) is 4.31 Å². The molecule has 0 saturated carbocycles. The van der Waals surface area contributed by atoms with Crippen molar-refractivity contribution in [2.45, 2.75) is 0 Å². The van der Waals surface area contributed by atoms with E-state index < -0.39 is 15.9 Å². The molecule has 0 spiro atoms. The van der Waals surface area contributed by atoms with Crippen molar-refractivity contribution in [2.24, 2.45) is 0 Å². The molecule has 0 bridgehead atoms. The van der Waals surface area contributed by atoms with Crippen LogP contribution in [0.1, 0.15) is 11.1 Å². The Morgan fingerprint density at radius 2 is 1.68 bits per heavy atom. The summed E-state index contributed by atoms with van der Waals surface area (Å²) < 4.78 is 38.9. The summed E-state index contributed by atoms with van der Waals surface area (Å²) in [4.78, 5) is 12.9. The van der Waals surface area contributed by atoms with Crippen molar-refractivity contribution in [2.75, 3.05) is 31.6 Å². The minimum absolute atomic E-state index is 0.0874. The fourth-order valence-corrected chi connectivity index (χ4v) is 5.42. The Balaban J connectivity index is 1.68. The number of para-hydroxylation sites is 2. The van der Waals surface area contributed by atoms with E-state index in [1.54, 1.807) is 60.7 Å². The van der Waals surface area contributed by atoms with Crippen LogP contribution in [-0.4, -0.2) is 41.6 Å². The highest BCUT2D eigenvalue weighted by atomic mass is 35.5. The zero-order chi connectivity index (χ0) is 24.3. The molecule has 9 heteroatoms. The van der Waals surface area contributed by atoms with E-state index in [0.29, 0.717) is 38.9 Å². The van der Waals surface area contributed by atoms with Crippen LogP contribution < -0.4 is 19.1 Å². The van der Waals surface area contributed by atoms with Crippen molar-refractivity contribution in [1.29, 1.82) is 0 Å². The lowest BCUT2D eigenvalue weighted by Crippen LogP contribution is -2.40. The molecule has 176 valence electrons. The Morgan fingerprint density at radius 1 is 1.00 bits per heavy atom. The lowest BCUT2D eigenvalue weighted by Gasteiger charge is -2.31. The van der Waals surface area contributed by atoms with Gasteiger partial charge in [-0.05, 0) is 35.9 Å². The fraction of sp³-hybridized carbons (Fsp3) is 0.160. The number of nitrogens with one attached hydrogen (secondary N) is 1. The normalized spacial score (nSPS) is 14.4. The predicted octanol–water partition coefficient (Wildman–Crippen LogP) is 4.08. The van der Waals surface area contributed by atoms with Gasteiger partial charge >= 0.3 is 0 Å². The number of methoxy groups -OCH3 is 1. The van der Waals surface area contributed by atoms with Crippen molar-refractivity contribution in [3.05, 3.63) is 93.9 Å². The number of hydrogen-bond donors (Lipinski definition) is 1. The Labute approximate surface area is 203 Å². The number of carbonyl (C=O) groups is 1. The quantitative estimate of drug-likeness (QED) is 0.496. The Hall–Kier alpha value is -3.49. The van der Waals surface area contributed by atoms with Crippen LogP contribution in [0, 0.1) is 0 Å². The van der Waals surface area contributed by atoms with Crippen molar-refractivity contribution < 1.29 is 22.7 Å². The molecule has 7 nitrogen and oxygen atoms in total. The minimum atomic E-state index is -4.13. The van der Waals surface area contributed by atoms with Gasteiger partial charge < -0.3 is 14.8 Å². The number of fused-ring (bicyclic) bond motifs is 1. The second kappa shape index (κ2) is 9.79. The molecule has 3 aromatic rings. The average Bonchev–Trinajstić information content (AvgIpc) is 2.84. The average molecular weight is 499 g/mol. The van der Waals surface area contributed by atoms with Crippen LogP contribution in [0.2, 0.25) is 5.02 Å². The summed E-state index contributed by atoms with van der Waals surface area (Å²) in [5.41, 5.74) is 1.91. The van der Waals surface area contributed by atoms with Gasteiger partial charge in [-0.25, -0.2) is 8.42 Å². The summed E-state index contributed by atoms with van der Waals surface area (Å²) in [6, 6.07) is 21.0. The van der Waals surface area contributed by atoms with Crippen LogP contribution in [0.3, 0.4) is 0 Å². The van der Waals surface area contributed by atoms with E-state index in [1.165, 1.54) is 14.2 Å². The van der Waals surface area contributed by atoms with Crippen LogP contribution in [0.15, 0.2) is 77.7 Å². The van der Waals surface area contributed by atoms with Crippen molar-refractivity contribution in [3.63, 3.8) is 0 Å². The predicted molar refractivity (Wildman–Crippen MR) is 133 cm³/mol. The second-order valence-corrected chi connectivity index (χ2v) is 9.80. The summed E-state index contributed by atoms with van der Waals surface area (Å²) in [6.45, 7) is 0.211. The number of benzene rings is 3. The third kappa shape index (κ3) is 4.47. The van der Waals surface area contributed by atoms with Gasteiger partial charge in [-0.1, -0.05) is 54.1 Å². The highest BCUT2D eigenvalue weighted by Crippen LogP contribution is 2.43. The van der Waals surface area contributed by atoms with E-state index in [4.69, 9.17) is 21.1 Å². The maximum Gasteiger partial charge on any atom is 0.270 e. The van der Waals surface area contributed by atoms with Crippen LogP contribution in [-0.2, 0) is 14.8 Å². The molecule has 0 fully saturated rings. The molecular formula is C25H23ClN2O5S. The minimum Gasteiger partial charge on any atom is -0.493 e. The topological polar surface area (TPSA) is 84.9 Å². The largest absolute Gasteiger partial charge is 0.493 e. The summed E-state index contributed by atoms with van der Waals surface area (Å²) >= 11 is 6.24. The van der Waals surface area contributed by atoms with Gasteiger partial charge in [0.2, 0.25) is 0 Å². The molecule has 0 unspecified atom stereocenters. The number of carbonyl (C=O) groups excluding carboxylic acids is 1. The Kier molecular flexibility index (Phi) is 6.81. The van der Waals surface area contributed by atoms with Crippen LogP contribution in [0.4, 0.5) is 5.69 Å². The van der Waals surface area contributed by atoms with Gasteiger partial charge in [0.15, 0.2) is 16.4 Å². The number of rotatable bonds is 7. The Bertz CT molecular complexity index is 1360. The third-order valence-electron chi connectivity index (χ3n) is 5.40. The highest BCUT2D eigenvalue weighted by molar-refractivity contribution is 7.97. The molecule has 1 N–H and O–H groups in total. The van der Waals surface area contributed by atoms with E-state index in [2.05, 4.69) is 5.32 Å². The van der Waals surface area contributed by atoms with Crippen molar-refractivity contribution in [1.82, 2.24) is 5.32 Å². The van der Waals surface area contributed by atoms with Crippen molar-refractivity contribution >= 4 is 38.8 Å². The van der Waals surface area contributed by atoms with Crippen LogP contribution in [0.5, 0.6) is 11.5 Å². The molecule has 0 aromatic heterocycles. The highest BCUT2D eigenvalue weighted by Gasteiger charge is 2.39. The Morgan fingerprint density at radius 3 is 2.38 bits per heavy atom. The molecule has 1 aliphatic heterocycles. The number of ether oxygens (including phenoxy) is 2. The van der Waals surface area contributed by atoms with E-state index >= 15 is 0 Å². The first-order valence-electron chi connectivity index (χ1n) is 10.5. The summed E-state index contributed by atoms with van der Waals surface area (Å²) in [7, 11) is -1.17. The zero-order valence-electron chi connectivity index (χ0n) is 18.6. The number of nitrogens with zero attached hydrogens (tertiary/aromatic N) is 1. The maximum atomic E-state index is 13.4. The van der Waals surface area contributed by atoms with Gasteiger partial charge in [-0.15, -0.1) is 0 Å². The molecule has 1 aliphatic rings. The lowest BCUT2D eigenvalue weighted by atomic mass is 9.95. The van der Waals surface area contributed by atoms with Gasteiger partial charge in [-0.2, -0.15) is 0 Å². The van der Waals surface area contributed by atoms with Gasteiger partial charge in [0.1, 0.15) is 6.61 Å². The lowest BCUT2D eigenvalue weighted by molar-refractivity contribution is -0.116. The third-order valence-corrected chi connectivity index (χ3v) is 7.45. The van der Waals surface area contributed by atoms with Crippen LogP contribution in [0.25, 0.3) is 5.57 Å². The molecule has 0 radical (unpaired) electrons. The van der Waals surface area contributed by atoms with E-state index in [9.17, 15) is 13.2 Å². The summed E-state index contributed by atoms with van der Waals surface area (Å²) in [5, 5.41) is 3.12. The van der Waals surface area contributed by atoms with Gasteiger partial charge in [0.25, 0.3) is 15.9 Å². The molecule has 0 aliphatic carbocycles. The van der Waals surface area contributed by atoms with Gasteiger partial charge in [0, 0.05) is 23.2 Å². The number of anilines is 1. The fourth-order valence-electron chi connectivity index (χ4n) is 3.77. The molecular weight excluding hydrogens is 476 g/mol. The van der Waals surface area contributed by atoms with Crippen molar-refractivity contribution in [3.8, 4) is 11.5 Å². The van der Waals surface area contributed by atoms with E-state index in [-0.39, 0.29) is 18.1 Å². The monoisotopic (exact) mass is 498 g/mol. The molecule has 0 atom stereocenters. The molecule has 4 rings (SSSR count). The first-order valence-corrected chi connectivity index (χ1v) is 12.3. The first kappa shape index (κ1) is 23.7. The second-order valence-electron chi connectivity index (χ2n) is 7.46. The van der Waals surface area contributed by atoms with Gasteiger partial charge in [0.05, 0.1) is 19.3 Å². The number of sulfonamides is 1. The standard InChI is InChI=1S/C25H23ClN2O5S/c1-28-20-13-12-18(26)16-19(20)23(17-8-4-3-5-9-17)24(34(28,30)31)25(29)27-14-15-33-22-11-7-6-10-21(22)32-2/h3-13,16H,14-15H2,1-2H3,(H,27,29). The van der Waals surface area contributed by atoms with Crippen LogP contribution >= 0.6 is 11.6 Å². The maximum absolute atomic E-state index is 13.4. The molecule has 1 amide bonds. The van der Waals surface area contributed by atoms with Gasteiger partial charge in [-0.3, -0.25) is 9.10 Å². The number of hydrogen-bond acceptors (Lipinski definition) is 5. The number of halogens is 1. The zero-order valence-corrected chi connectivity index (χ0v) is 20.2. The first-order chi connectivity index (χ1) is 16.3. The molecule has 34 heavy (non-hydrogen) atoms. The molecule has 0 saturated heterocycles. The van der Waals surface area contributed by atoms with E-state index in [1.807, 2.05) is 12.1 Å². The molecule has 1 heterocycles. The number of amides is 1. The summed E-state index contributed by atoms with van der Waals surface area (Å²) in [5.74, 6) is 0.366.